The Bertz CT molecular complexity index is 1020. The van der Waals surface area contributed by atoms with Crippen LogP contribution >= 0.6 is 15.9 Å². The molecule has 2 N–H and O–H groups in total. The number of aliphatic hydroxyl groups is 1. The Hall–Kier alpha value is -2.48. The quantitative estimate of drug-likeness (QED) is 0.397. The van der Waals surface area contributed by atoms with Crippen molar-refractivity contribution in [3.05, 3.63) is 102 Å². The fraction of sp³-hybridized carbons (Fsp3) is 0.240. The van der Waals surface area contributed by atoms with Crippen molar-refractivity contribution in [2.45, 2.75) is 35.4 Å². The first-order valence-electron chi connectivity index (χ1n) is 10.2. The maximum absolute atomic E-state index is 12.7. The maximum Gasteiger partial charge on any atom is 0.407 e. The molecule has 0 radical (unpaired) electrons. The van der Waals surface area contributed by atoms with Gasteiger partial charge < -0.3 is 15.2 Å². The fourth-order valence-electron chi connectivity index (χ4n) is 3.15. The van der Waals surface area contributed by atoms with Crippen LogP contribution in [0.25, 0.3) is 0 Å². The average molecular weight is 516 g/mol. The SMILES string of the molecule is Cc1ccc(S(=O)C[C@@H](O)[C@H](Br)[C@@H](NC(=O)OCc2ccccc2)c2ccccc2)cc1. The van der Waals surface area contributed by atoms with E-state index in [1.807, 2.05) is 79.7 Å². The van der Waals surface area contributed by atoms with Crippen LogP contribution in [0.2, 0.25) is 0 Å². The number of halogens is 1. The molecule has 0 aliphatic carbocycles. The topological polar surface area (TPSA) is 75.6 Å². The Kier molecular flexibility index (Phi) is 9.02. The first-order chi connectivity index (χ1) is 15.4. The van der Waals surface area contributed by atoms with E-state index in [4.69, 9.17) is 4.74 Å². The Morgan fingerprint density at radius 2 is 1.59 bits per heavy atom. The van der Waals surface area contributed by atoms with Gasteiger partial charge in [0.25, 0.3) is 0 Å². The van der Waals surface area contributed by atoms with Gasteiger partial charge in [-0.1, -0.05) is 94.3 Å². The molecule has 0 saturated carbocycles. The number of amides is 1. The fourth-order valence-corrected chi connectivity index (χ4v) is 5.18. The van der Waals surface area contributed by atoms with Crippen molar-refractivity contribution in [2.75, 3.05) is 5.75 Å². The Labute approximate surface area is 199 Å². The first kappa shape index (κ1) is 24.2. The molecule has 4 atom stereocenters. The van der Waals surface area contributed by atoms with Crippen LogP contribution < -0.4 is 5.32 Å². The molecule has 0 spiro atoms. The van der Waals surface area contributed by atoms with Gasteiger partial charge in [0.05, 0.1) is 33.5 Å². The second kappa shape index (κ2) is 11.9. The van der Waals surface area contributed by atoms with E-state index in [1.165, 1.54) is 0 Å². The number of hydrogen-bond acceptors (Lipinski definition) is 4. The Balaban J connectivity index is 1.67. The molecule has 0 heterocycles. The summed E-state index contributed by atoms with van der Waals surface area (Å²) >= 11 is 3.53. The minimum atomic E-state index is -1.38. The van der Waals surface area contributed by atoms with Crippen molar-refractivity contribution >= 4 is 32.8 Å². The van der Waals surface area contributed by atoms with Crippen LogP contribution in [0.3, 0.4) is 0 Å². The van der Waals surface area contributed by atoms with E-state index in [2.05, 4.69) is 21.2 Å². The molecule has 3 rings (SSSR count). The summed E-state index contributed by atoms with van der Waals surface area (Å²) in [5.74, 6) is 0.0308. The molecule has 168 valence electrons. The summed E-state index contributed by atoms with van der Waals surface area (Å²) in [6.07, 6.45) is -1.57. The van der Waals surface area contributed by atoms with Crippen molar-refractivity contribution in [3.8, 4) is 0 Å². The molecule has 3 aromatic rings. The van der Waals surface area contributed by atoms with Gasteiger partial charge in [0.1, 0.15) is 6.61 Å². The minimum absolute atomic E-state index is 0.0308. The molecule has 0 aliphatic heterocycles. The third-order valence-electron chi connectivity index (χ3n) is 4.94. The number of carbonyl (C=O) groups excluding carboxylic acids is 1. The number of alkyl halides is 1. The van der Waals surface area contributed by atoms with Crippen molar-refractivity contribution in [3.63, 3.8) is 0 Å². The standard InChI is InChI=1S/C25H26BrNO4S/c1-18-12-14-21(15-13-18)32(30)17-22(28)23(26)24(20-10-6-3-7-11-20)27-25(29)31-16-19-8-4-2-5-9-19/h2-15,22-24,28H,16-17H2,1H3,(H,27,29)/t22-,23+,24+,32?/m1/s1. The van der Waals surface area contributed by atoms with Crippen LogP contribution in [-0.4, -0.2) is 32.1 Å². The zero-order chi connectivity index (χ0) is 22.9. The molecular formula is C25H26BrNO4S. The predicted molar refractivity (Wildman–Crippen MR) is 130 cm³/mol. The highest BCUT2D eigenvalue weighted by atomic mass is 79.9. The molecule has 3 aromatic carbocycles. The van der Waals surface area contributed by atoms with E-state index in [0.29, 0.717) is 4.90 Å². The average Bonchev–Trinajstić information content (AvgIpc) is 2.82. The van der Waals surface area contributed by atoms with Gasteiger partial charge in [-0.15, -0.1) is 0 Å². The van der Waals surface area contributed by atoms with Crippen LogP contribution in [0.4, 0.5) is 4.79 Å². The van der Waals surface area contributed by atoms with Gasteiger partial charge in [-0.2, -0.15) is 0 Å². The zero-order valence-corrected chi connectivity index (χ0v) is 20.1. The largest absolute Gasteiger partial charge is 0.445 e. The Morgan fingerprint density at radius 3 is 2.22 bits per heavy atom. The minimum Gasteiger partial charge on any atom is -0.445 e. The number of nitrogens with one attached hydrogen (secondary N) is 1. The van der Waals surface area contributed by atoms with E-state index < -0.39 is 33.9 Å². The number of ether oxygens (including phenoxy) is 1. The van der Waals surface area contributed by atoms with Crippen molar-refractivity contribution < 1.29 is 18.8 Å². The van der Waals surface area contributed by atoms with Crippen LogP contribution in [0.15, 0.2) is 89.8 Å². The second-order valence-electron chi connectivity index (χ2n) is 7.43. The summed E-state index contributed by atoms with van der Waals surface area (Å²) in [4.78, 5) is 12.6. The predicted octanol–water partition coefficient (Wildman–Crippen LogP) is 4.89. The van der Waals surface area contributed by atoms with Gasteiger partial charge >= 0.3 is 6.09 Å². The molecule has 0 saturated heterocycles. The first-order valence-corrected chi connectivity index (χ1v) is 12.5. The van der Waals surface area contributed by atoms with Crippen LogP contribution in [0.1, 0.15) is 22.7 Å². The number of aliphatic hydroxyl groups excluding tert-OH is 1. The third kappa shape index (κ3) is 7.02. The molecule has 7 heteroatoms. The summed E-state index contributed by atoms with van der Waals surface area (Å²) in [5, 5.41) is 13.7. The number of aryl methyl sites for hydroxylation is 1. The lowest BCUT2D eigenvalue weighted by Gasteiger charge is -2.27. The molecular weight excluding hydrogens is 490 g/mol. The Morgan fingerprint density at radius 1 is 1.00 bits per heavy atom. The molecule has 0 aromatic heterocycles. The van der Waals surface area contributed by atoms with E-state index in [0.717, 1.165) is 16.7 Å². The summed E-state index contributed by atoms with van der Waals surface area (Å²) in [5.41, 5.74) is 2.75. The van der Waals surface area contributed by atoms with Crippen LogP contribution in [0, 0.1) is 6.92 Å². The zero-order valence-electron chi connectivity index (χ0n) is 17.7. The van der Waals surface area contributed by atoms with Crippen molar-refractivity contribution in [1.82, 2.24) is 5.32 Å². The van der Waals surface area contributed by atoms with Gasteiger partial charge in [-0.3, -0.25) is 4.21 Å². The van der Waals surface area contributed by atoms with E-state index in [9.17, 15) is 14.1 Å². The maximum atomic E-state index is 12.7. The lowest BCUT2D eigenvalue weighted by Crippen LogP contribution is -2.41. The van der Waals surface area contributed by atoms with Gasteiger partial charge in [-0.25, -0.2) is 4.79 Å². The third-order valence-corrected chi connectivity index (χ3v) is 7.52. The second-order valence-corrected chi connectivity index (χ2v) is 9.98. The van der Waals surface area contributed by atoms with Crippen molar-refractivity contribution in [2.24, 2.45) is 0 Å². The molecule has 0 bridgehead atoms. The highest BCUT2D eigenvalue weighted by molar-refractivity contribution is 9.09. The molecule has 5 nitrogen and oxygen atoms in total. The molecule has 0 fully saturated rings. The lowest BCUT2D eigenvalue weighted by molar-refractivity contribution is 0.129. The van der Waals surface area contributed by atoms with Crippen LogP contribution in [0.5, 0.6) is 0 Å². The normalized spacial score (nSPS) is 14.7. The van der Waals surface area contributed by atoms with Crippen molar-refractivity contribution in [1.29, 1.82) is 0 Å². The summed E-state index contributed by atoms with van der Waals surface area (Å²) in [6.45, 7) is 2.10. The van der Waals surface area contributed by atoms with E-state index in [1.54, 1.807) is 12.1 Å². The smallest absolute Gasteiger partial charge is 0.407 e. The monoisotopic (exact) mass is 515 g/mol. The molecule has 32 heavy (non-hydrogen) atoms. The highest BCUT2D eigenvalue weighted by Gasteiger charge is 2.30. The summed E-state index contributed by atoms with van der Waals surface area (Å²) in [7, 11) is -1.38. The summed E-state index contributed by atoms with van der Waals surface area (Å²) < 4.78 is 18.1. The molecule has 1 unspecified atom stereocenters. The number of rotatable bonds is 9. The van der Waals surface area contributed by atoms with Crippen LogP contribution in [-0.2, 0) is 22.1 Å². The lowest BCUT2D eigenvalue weighted by atomic mass is 10.0. The highest BCUT2D eigenvalue weighted by Crippen LogP contribution is 2.27. The number of hydrogen-bond donors (Lipinski definition) is 2. The molecule has 1 amide bonds. The van der Waals surface area contributed by atoms with Gasteiger partial charge in [-0.05, 0) is 30.2 Å². The van der Waals surface area contributed by atoms with Gasteiger partial charge in [0.15, 0.2) is 0 Å². The number of carbonyl (C=O) groups is 1. The number of alkyl carbamates (subject to hydrolysis) is 1. The van der Waals surface area contributed by atoms with Gasteiger partial charge in [0.2, 0.25) is 0 Å². The van der Waals surface area contributed by atoms with E-state index >= 15 is 0 Å². The van der Waals surface area contributed by atoms with E-state index in [-0.39, 0.29) is 12.4 Å². The molecule has 0 aliphatic rings. The summed E-state index contributed by atoms with van der Waals surface area (Å²) in [6, 6.07) is 25.5. The number of benzene rings is 3. The van der Waals surface area contributed by atoms with Gasteiger partial charge in [0, 0.05) is 4.90 Å².